The molecule has 1 N–H and O–H groups in total. The van der Waals surface area contributed by atoms with Gasteiger partial charge in [0.05, 0.1) is 6.61 Å². The van der Waals surface area contributed by atoms with Gasteiger partial charge in [-0.1, -0.05) is 18.2 Å². The predicted molar refractivity (Wildman–Crippen MR) is 64.8 cm³/mol. The average Bonchev–Trinajstić information content (AvgIpc) is 2.72. The summed E-state index contributed by atoms with van der Waals surface area (Å²) < 4.78 is 6.00. The summed E-state index contributed by atoms with van der Waals surface area (Å²) in [6.07, 6.45) is 0. The predicted octanol–water partition coefficient (Wildman–Crippen LogP) is 2.15. The molecule has 1 heterocycles. The first-order valence-corrected chi connectivity index (χ1v) is 6.17. The first-order chi connectivity index (χ1) is 7.77. The van der Waals surface area contributed by atoms with Crippen LogP contribution in [0.1, 0.15) is 11.1 Å². The molecule has 0 amide bonds. The van der Waals surface area contributed by atoms with Gasteiger partial charge < -0.3 is 10.1 Å². The number of fused-ring (bicyclic) bond motifs is 1. The molecule has 0 aromatic heterocycles. The largest absolute Gasteiger partial charge is 0.493 e. The van der Waals surface area contributed by atoms with E-state index in [-0.39, 0.29) is 0 Å². The minimum Gasteiger partial charge on any atom is -0.493 e. The lowest BCUT2D eigenvalue weighted by Gasteiger charge is -2.12. The van der Waals surface area contributed by atoms with Crippen molar-refractivity contribution in [3.8, 4) is 5.75 Å². The number of piperidine rings is 1. The maximum atomic E-state index is 6.00. The van der Waals surface area contributed by atoms with E-state index in [1.165, 1.54) is 24.2 Å². The van der Waals surface area contributed by atoms with Gasteiger partial charge in [-0.2, -0.15) is 0 Å². The Balaban J connectivity index is 1.63. The van der Waals surface area contributed by atoms with Crippen molar-refractivity contribution in [1.29, 1.82) is 0 Å². The van der Waals surface area contributed by atoms with E-state index in [1.807, 2.05) is 0 Å². The summed E-state index contributed by atoms with van der Waals surface area (Å²) in [6.45, 7) is 7.55. The van der Waals surface area contributed by atoms with Gasteiger partial charge in [0.25, 0.3) is 0 Å². The van der Waals surface area contributed by atoms with E-state index in [4.69, 9.17) is 4.74 Å². The molecule has 1 aromatic carbocycles. The molecule has 2 heteroatoms. The number of hydrogen-bond donors (Lipinski definition) is 1. The maximum Gasteiger partial charge on any atom is 0.125 e. The second kappa shape index (κ2) is 3.77. The van der Waals surface area contributed by atoms with Crippen LogP contribution >= 0.6 is 0 Å². The summed E-state index contributed by atoms with van der Waals surface area (Å²) in [5, 5.41) is 3.42. The summed E-state index contributed by atoms with van der Waals surface area (Å²) in [6, 6.07) is 6.34. The maximum absolute atomic E-state index is 6.00. The Labute approximate surface area is 97.0 Å². The molecule has 2 atom stereocenters. The summed E-state index contributed by atoms with van der Waals surface area (Å²) in [4.78, 5) is 0. The van der Waals surface area contributed by atoms with Gasteiger partial charge in [-0.05, 0) is 49.9 Å². The minimum atomic E-state index is 0.806. The van der Waals surface area contributed by atoms with Crippen LogP contribution in [0.15, 0.2) is 18.2 Å². The molecule has 86 valence electrons. The number of hydrogen-bond acceptors (Lipinski definition) is 2. The number of aryl methyl sites for hydroxylation is 2. The van der Waals surface area contributed by atoms with Gasteiger partial charge >= 0.3 is 0 Å². The van der Waals surface area contributed by atoms with Crippen molar-refractivity contribution in [3.05, 3.63) is 29.3 Å². The summed E-state index contributed by atoms with van der Waals surface area (Å²) >= 11 is 0. The number of rotatable bonds is 3. The highest BCUT2D eigenvalue weighted by Gasteiger charge is 2.53. The molecule has 0 bridgehead atoms. The molecule has 0 spiro atoms. The van der Waals surface area contributed by atoms with E-state index in [1.54, 1.807) is 0 Å². The van der Waals surface area contributed by atoms with Crippen molar-refractivity contribution < 1.29 is 4.74 Å². The van der Waals surface area contributed by atoms with Crippen LogP contribution in [-0.4, -0.2) is 19.7 Å². The third-order valence-electron chi connectivity index (χ3n) is 4.10. The Hall–Kier alpha value is -1.02. The minimum absolute atomic E-state index is 0.806. The zero-order valence-electron chi connectivity index (χ0n) is 9.99. The molecule has 2 unspecified atom stereocenters. The highest BCUT2D eigenvalue weighted by atomic mass is 16.5. The van der Waals surface area contributed by atoms with Gasteiger partial charge in [-0.15, -0.1) is 0 Å². The van der Waals surface area contributed by atoms with Gasteiger partial charge in [-0.3, -0.25) is 0 Å². The fourth-order valence-corrected chi connectivity index (χ4v) is 3.00. The molecule has 1 aliphatic heterocycles. The van der Waals surface area contributed by atoms with E-state index in [0.717, 1.165) is 30.1 Å². The monoisotopic (exact) mass is 217 g/mol. The van der Waals surface area contributed by atoms with Gasteiger partial charge in [-0.25, -0.2) is 0 Å². The molecular weight excluding hydrogens is 198 g/mol. The fourth-order valence-electron chi connectivity index (χ4n) is 3.00. The van der Waals surface area contributed by atoms with Crippen molar-refractivity contribution in [2.75, 3.05) is 19.7 Å². The Morgan fingerprint density at radius 3 is 2.44 bits per heavy atom. The van der Waals surface area contributed by atoms with Crippen molar-refractivity contribution in [2.45, 2.75) is 13.8 Å². The standard InChI is InChI=1S/C14H19NO/c1-9-4-3-5-10(2)14(9)16-8-13-11-6-15-7-12(11)13/h3-5,11-13,15H,6-8H2,1-2H3. The van der Waals surface area contributed by atoms with Gasteiger partial charge in [0, 0.05) is 5.92 Å². The Morgan fingerprint density at radius 1 is 1.19 bits per heavy atom. The molecule has 1 aliphatic carbocycles. The molecule has 3 rings (SSSR count). The van der Waals surface area contributed by atoms with Crippen molar-refractivity contribution in [3.63, 3.8) is 0 Å². The first-order valence-electron chi connectivity index (χ1n) is 6.17. The van der Waals surface area contributed by atoms with Gasteiger partial charge in [0.1, 0.15) is 5.75 Å². The summed E-state index contributed by atoms with van der Waals surface area (Å²) in [7, 11) is 0. The molecule has 1 saturated heterocycles. The lowest BCUT2D eigenvalue weighted by molar-refractivity contribution is 0.277. The zero-order chi connectivity index (χ0) is 11.1. The zero-order valence-corrected chi connectivity index (χ0v) is 9.99. The van der Waals surface area contributed by atoms with Crippen LogP contribution in [0.25, 0.3) is 0 Å². The Morgan fingerprint density at radius 2 is 1.81 bits per heavy atom. The van der Waals surface area contributed by atoms with Crippen molar-refractivity contribution >= 4 is 0 Å². The van der Waals surface area contributed by atoms with Crippen LogP contribution in [-0.2, 0) is 0 Å². The first kappa shape index (κ1) is 10.2. The molecule has 1 saturated carbocycles. The van der Waals surface area contributed by atoms with Crippen LogP contribution in [0.4, 0.5) is 0 Å². The lowest BCUT2D eigenvalue weighted by Crippen LogP contribution is -2.18. The molecule has 0 radical (unpaired) electrons. The average molecular weight is 217 g/mol. The van der Waals surface area contributed by atoms with E-state index in [0.29, 0.717) is 0 Å². The van der Waals surface area contributed by atoms with Crippen LogP contribution < -0.4 is 10.1 Å². The number of nitrogens with one attached hydrogen (secondary N) is 1. The number of para-hydroxylation sites is 1. The van der Waals surface area contributed by atoms with E-state index in [9.17, 15) is 0 Å². The third kappa shape index (κ3) is 1.61. The second-order valence-electron chi connectivity index (χ2n) is 5.18. The molecule has 2 fully saturated rings. The van der Waals surface area contributed by atoms with Crippen LogP contribution in [0.2, 0.25) is 0 Å². The fraction of sp³-hybridized carbons (Fsp3) is 0.571. The molecule has 16 heavy (non-hydrogen) atoms. The van der Waals surface area contributed by atoms with Gasteiger partial charge in [0.15, 0.2) is 0 Å². The highest BCUT2D eigenvalue weighted by Crippen LogP contribution is 2.48. The van der Waals surface area contributed by atoms with Crippen LogP contribution in [0.5, 0.6) is 5.75 Å². The third-order valence-corrected chi connectivity index (χ3v) is 4.10. The molecule has 2 aliphatic rings. The number of benzene rings is 1. The highest BCUT2D eigenvalue weighted by molar-refractivity contribution is 5.39. The Bertz CT molecular complexity index is 371. The van der Waals surface area contributed by atoms with E-state index >= 15 is 0 Å². The summed E-state index contributed by atoms with van der Waals surface area (Å²) in [5.41, 5.74) is 2.51. The molecule has 2 nitrogen and oxygen atoms in total. The number of ether oxygens (including phenoxy) is 1. The van der Waals surface area contributed by atoms with Crippen LogP contribution in [0, 0.1) is 31.6 Å². The molecule has 1 aromatic rings. The lowest BCUT2D eigenvalue weighted by atomic mass is 10.1. The van der Waals surface area contributed by atoms with Gasteiger partial charge in [0.2, 0.25) is 0 Å². The van der Waals surface area contributed by atoms with Crippen molar-refractivity contribution in [1.82, 2.24) is 5.32 Å². The normalized spacial score (nSPS) is 31.2. The smallest absolute Gasteiger partial charge is 0.125 e. The van der Waals surface area contributed by atoms with E-state index < -0.39 is 0 Å². The Kier molecular flexibility index (Phi) is 2.40. The van der Waals surface area contributed by atoms with Crippen LogP contribution in [0.3, 0.4) is 0 Å². The van der Waals surface area contributed by atoms with E-state index in [2.05, 4.69) is 37.4 Å². The topological polar surface area (TPSA) is 21.3 Å². The SMILES string of the molecule is Cc1cccc(C)c1OCC1C2CNCC21. The second-order valence-corrected chi connectivity index (χ2v) is 5.18. The molecular formula is C14H19NO. The quantitative estimate of drug-likeness (QED) is 0.837. The summed E-state index contributed by atoms with van der Waals surface area (Å²) in [5.74, 6) is 3.69. The van der Waals surface area contributed by atoms with Crippen molar-refractivity contribution in [2.24, 2.45) is 17.8 Å².